The van der Waals surface area contributed by atoms with E-state index in [1.54, 1.807) is 6.92 Å². The van der Waals surface area contributed by atoms with Gasteiger partial charge in [-0.3, -0.25) is 4.79 Å². The summed E-state index contributed by atoms with van der Waals surface area (Å²) in [6, 6.07) is 2.80. The monoisotopic (exact) mass is 276 g/mol. The molecule has 0 spiro atoms. The molecular formula is C10H16N2O5S. The van der Waals surface area contributed by atoms with Gasteiger partial charge in [-0.05, 0) is 19.1 Å². The lowest BCUT2D eigenvalue weighted by molar-refractivity contribution is -0.142. The Morgan fingerprint density at radius 1 is 1.50 bits per heavy atom. The van der Waals surface area contributed by atoms with Crippen LogP contribution in [0.25, 0.3) is 0 Å². The molecule has 0 saturated heterocycles. The largest absolute Gasteiger partial charge is 0.466 e. The first-order valence-electron chi connectivity index (χ1n) is 5.41. The molecule has 0 unspecified atom stereocenters. The molecule has 0 amide bonds. The predicted molar refractivity (Wildman–Crippen MR) is 63.0 cm³/mol. The zero-order valence-electron chi connectivity index (χ0n) is 10.0. The summed E-state index contributed by atoms with van der Waals surface area (Å²) in [6.45, 7) is 2.83. The van der Waals surface area contributed by atoms with E-state index in [9.17, 15) is 13.2 Å². The van der Waals surface area contributed by atoms with Gasteiger partial charge in [-0.25, -0.2) is 13.6 Å². The molecule has 0 saturated carbocycles. The SMILES string of the molecule is CCOC(=O)CCNCc1ccc(S(N)(=O)=O)o1. The number of primary sulfonamides is 1. The first kappa shape index (κ1) is 14.7. The highest BCUT2D eigenvalue weighted by molar-refractivity contribution is 7.89. The van der Waals surface area contributed by atoms with Crippen molar-refractivity contribution < 1.29 is 22.4 Å². The van der Waals surface area contributed by atoms with Crippen molar-refractivity contribution in [2.24, 2.45) is 5.14 Å². The molecule has 0 bridgehead atoms. The van der Waals surface area contributed by atoms with Crippen molar-refractivity contribution >= 4 is 16.0 Å². The van der Waals surface area contributed by atoms with E-state index in [1.165, 1.54) is 12.1 Å². The summed E-state index contributed by atoms with van der Waals surface area (Å²) >= 11 is 0. The second kappa shape index (κ2) is 6.53. The van der Waals surface area contributed by atoms with Crippen LogP contribution in [0.1, 0.15) is 19.1 Å². The summed E-state index contributed by atoms with van der Waals surface area (Å²) in [4.78, 5) is 11.0. The van der Waals surface area contributed by atoms with Crippen molar-refractivity contribution in [3.63, 3.8) is 0 Å². The van der Waals surface area contributed by atoms with Gasteiger partial charge in [0.1, 0.15) is 5.76 Å². The molecule has 0 fully saturated rings. The summed E-state index contributed by atoms with van der Waals surface area (Å²) in [6.07, 6.45) is 0.247. The molecule has 0 aromatic carbocycles. The fourth-order valence-electron chi connectivity index (χ4n) is 1.24. The van der Waals surface area contributed by atoms with Crippen molar-refractivity contribution in [2.45, 2.75) is 25.0 Å². The topological polar surface area (TPSA) is 112 Å². The molecule has 1 aromatic heterocycles. The van der Waals surface area contributed by atoms with Crippen LogP contribution in [0.5, 0.6) is 0 Å². The molecule has 3 N–H and O–H groups in total. The van der Waals surface area contributed by atoms with E-state index in [1.807, 2.05) is 0 Å². The van der Waals surface area contributed by atoms with Crippen molar-refractivity contribution in [1.29, 1.82) is 0 Å². The van der Waals surface area contributed by atoms with Crippen molar-refractivity contribution in [1.82, 2.24) is 5.32 Å². The van der Waals surface area contributed by atoms with Gasteiger partial charge in [0.15, 0.2) is 0 Å². The van der Waals surface area contributed by atoms with Crippen LogP contribution in [0.3, 0.4) is 0 Å². The van der Waals surface area contributed by atoms with E-state index in [4.69, 9.17) is 14.3 Å². The summed E-state index contributed by atoms with van der Waals surface area (Å²) in [5.74, 6) is 0.151. The lowest BCUT2D eigenvalue weighted by Gasteiger charge is -2.02. The summed E-state index contributed by atoms with van der Waals surface area (Å²) in [7, 11) is -3.80. The van der Waals surface area contributed by atoms with Gasteiger partial charge >= 0.3 is 5.97 Å². The van der Waals surface area contributed by atoms with Gasteiger partial charge in [0.2, 0.25) is 5.09 Å². The van der Waals surface area contributed by atoms with Gasteiger partial charge in [0.25, 0.3) is 10.0 Å². The third-order valence-corrected chi connectivity index (χ3v) is 2.81. The van der Waals surface area contributed by atoms with E-state index in [-0.39, 0.29) is 17.5 Å². The molecule has 0 aliphatic carbocycles. The number of furan rings is 1. The van der Waals surface area contributed by atoms with Crippen LogP contribution < -0.4 is 10.5 Å². The summed E-state index contributed by atoms with van der Waals surface area (Å²) in [5.41, 5.74) is 0. The lowest BCUT2D eigenvalue weighted by Crippen LogP contribution is -2.18. The minimum Gasteiger partial charge on any atom is -0.466 e. The highest BCUT2D eigenvalue weighted by Crippen LogP contribution is 2.11. The van der Waals surface area contributed by atoms with Crippen molar-refractivity contribution in [3.05, 3.63) is 17.9 Å². The Morgan fingerprint density at radius 3 is 2.78 bits per heavy atom. The van der Waals surface area contributed by atoms with Crippen LogP contribution in [-0.4, -0.2) is 27.5 Å². The second-order valence-corrected chi connectivity index (χ2v) is 4.99. The van der Waals surface area contributed by atoms with Gasteiger partial charge in [-0.1, -0.05) is 0 Å². The molecule has 0 aliphatic heterocycles. The first-order valence-corrected chi connectivity index (χ1v) is 6.96. The molecule has 1 heterocycles. The van der Waals surface area contributed by atoms with Crippen LogP contribution in [-0.2, 0) is 26.1 Å². The van der Waals surface area contributed by atoms with E-state index >= 15 is 0 Å². The number of sulfonamides is 1. The number of hydrogen-bond acceptors (Lipinski definition) is 6. The maximum atomic E-state index is 11.0. The summed E-state index contributed by atoms with van der Waals surface area (Å²) in [5, 5.41) is 7.55. The van der Waals surface area contributed by atoms with E-state index in [0.717, 1.165) is 0 Å². The molecule has 0 radical (unpaired) electrons. The number of ether oxygens (including phenoxy) is 1. The van der Waals surface area contributed by atoms with Gasteiger partial charge in [-0.15, -0.1) is 0 Å². The fraction of sp³-hybridized carbons (Fsp3) is 0.500. The zero-order chi connectivity index (χ0) is 13.6. The molecule has 0 atom stereocenters. The highest BCUT2D eigenvalue weighted by Gasteiger charge is 2.12. The van der Waals surface area contributed by atoms with Gasteiger partial charge in [0.05, 0.1) is 19.6 Å². The number of rotatable bonds is 7. The van der Waals surface area contributed by atoms with Crippen LogP contribution >= 0.6 is 0 Å². The number of carbonyl (C=O) groups is 1. The smallest absolute Gasteiger partial charge is 0.307 e. The Morgan fingerprint density at radius 2 is 2.22 bits per heavy atom. The zero-order valence-corrected chi connectivity index (χ0v) is 10.8. The van der Waals surface area contributed by atoms with Crippen LogP contribution in [0.2, 0.25) is 0 Å². The third-order valence-electron chi connectivity index (χ3n) is 2.03. The molecule has 8 heteroatoms. The van der Waals surface area contributed by atoms with Gasteiger partial charge in [-0.2, -0.15) is 0 Å². The molecule has 1 aromatic rings. The van der Waals surface area contributed by atoms with E-state index in [2.05, 4.69) is 5.32 Å². The van der Waals surface area contributed by atoms with Crippen molar-refractivity contribution in [2.75, 3.05) is 13.2 Å². The van der Waals surface area contributed by atoms with Crippen LogP contribution in [0.4, 0.5) is 0 Å². The van der Waals surface area contributed by atoms with Gasteiger partial charge < -0.3 is 14.5 Å². The number of hydrogen-bond donors (Lipinski definition) is 2. The first-order chi connectivity index (χ1) is 8.43. The van der Waals surface area contributed by atoms with E-state index < -0.39 is 10.0 Å². The average molecular weight is 276 g/mol. The minimum atomic E-state index is -3.80. The quantitative estimate of drug-likeness (QED) is 0.534. The van der Waals surface area contributed by atoms with Gasteiger partial charge in [0, 0.05) is 6.54 Å². The number of esters is 1. The Hall–Kier alpha value is -1.38. The minimum absolute atomic E-state index is 0.247. The number of carbonyl (C=O) groups excluding carboxylic acids is 1. The fourth-order valence-corrected chi connectivity index (χ4v) is 1.72. The molecule has 102 valence electrons. The Balaban J connectivity index is 2.32. The third kappa shape index (κ3) is 4.86. The maximum Gasteiger partial charge on any atom is 0.307 e. The Kier molecular flexibility index (Phi) is 5.32. The van der Waals surface area contributed by atoms with E-state index in [0.29, 0.717) is 25.5 Å². The summed E-state index contributed by atoms with van der Waals surface area (Å²) < 4.78 is 31.6. The average Bonchev–Trinajstić information content (AvgIpc) is 2.73. The number of nitrogens with two attached hydrogens (primary N) is 1. The second-order valence-electron chi connectivity index (χ2n) is 3.50. The Labute approximate surface area is 105 Å². The molecule has 7 nitrogen and oxygen atoms in total. The van der Waals surface area contributed by atoms with Crippen molar-refractivity contribution in [3.8, 4) is 0 Å². The standard InChI is InChI=1S/C10H16N2O5S/c1-2-16-9(13)5-6-12-7-8-3-4-10(17-8)18(11,14)15/h3-4,12H,2,5-7H2,1H3,(H2,11,14,15). The highest BCUT2D eigenvalue weighted by atomic mass is 32.2. The molecule has 1 rings (SSSR count). The number of nitrogens with one attached hydrogen (secondary N) is 1. The molecular weight excluding hydrogens is 260 g/mol. The molecule has 18 heavy (non-hydrogen) atoms. The lowest BCUT2D eigenvalue weighted by atomic mass is 10.4. The maximum absolute atomic E-state index is 11.0. The predicted octanol–water partition coefficient (Wildman–Crippen LogP) is -0.0302. The Bertz CT molecular complexity index is 494. The molecule has 0 aliphatic rings. The van der Waals surface area contributed by atoms with Crippen LogP contribution in [0.15, 0.2) is 21.6 Å². The normalized spacial score (nSPS) is 11.4. The van der Waals surface area contributed by atoms with Crippen LogP contribution in [0, 0.1) is 0 Å².